The summed E-state index contributed by atoms with van der Waals surface area (Å²) in [6.45, 7) is 13.6. The van der Waals surface area contributed by atoms with Crippen molar-refractivity contribution in [2.24, 2.45) is 0 Å². The molecule has 0 amide bonds. The minimum absolute atomic E-state index is 0.00318. The fourth-order valence-corrected chi connectivity index (χ4v) is 7.32. The Balaban J connectivity index is 1.47. The van der Waals surface area contributed by atoms with Gasteiger partial charge in [0.05, 0.1) is 0 Å². The van der Waals surface area contributed by atoms with E-state index in [1.807, 2.05) is 0 Å². The Morgan fingerprint density at radius 2 is 0.705 bits per heavy atom. The first-order valence-electron chi connectivity index (χ1n) is 16.7. The number of hydrogen-bond acceptors (Lipinski definition) is 2. The lowest BCUT2D eigenvalue weighted by atomic mass is 9.76. The molecule has 2 heteroatoms. The molecule has 6 rings (SSSR count). The molecule has 230 valence electrons. The molecule has 0 saturated heterocycles. The second kappa shape index (κ2) is 12.0. The van der Waals surface area contributed by atoms with Crippen molar-refractivity contribution in [2.45, 2.75) is 116 Å². The highest BCUT2D eigenvalue weighted by Gasteiger charge is 2.32. The summed E-state index contributed by atoms with van der Waals surface area (Å²) in [7, 11) is 0. The Morgan fingerprint density at radius 1 is 0.432 bits per heavy atom. The number of hydrogen-bond donors (Lipinski definition) is 2. The molecule has 0 fully saturated rings. The van der Waals surface area contributed by atoms with Crippen LogP contribution in [0.4, 0.5) is 0 Å². The predicted octanol–water partition coefficient (Wildman–Crippen LogP) is 8.82. The lowest BCUT2D eigenvalue weighted by Gasteiger charge is -2.32. The first kappa shape index (κ1) is 30.8. The van der Waals surface area contributed by atoms with Gasteiger partial charge >= 0.3 is 0 Å². The molecule has 0 aromatic heterocycles. The van der Waals surface area contributed by atoms with Crippen LogP contribution in [0.1, 0.15) is 121 Å². The molecule has 0 radical (unpaired) electrons. The fraction of sp³-hybridized carbons (Fsp3) is 0.429. The molecule has 0 unspecified atom stereocenters. The molecule has 2 atom stereocenters. The third-order valence-corrected chi connectivity index (χ3v) is 10.0. The fourth-order valence-electron chi connectivity index (χ4n) is 7.32. The van der Waals surface area contributed by atoms with Crippen LogP contribution in [0, 0.1) is 0 Å². The van der Waals surface area contributed by atoms with Crippen LogP contribution in [-0.4, -0.2) is 10.2 Å². The van der Waals surface area contributed by atoms with E-state index in [2.05, 4.69) is 114 Å². The lowest BCUT2D eigenvalue weighted by Crippen LogP contribution is -2.22. The molecule has 2 nitrogen and oxygen atoms in total. The zero-order valence-electron chi connectivity index (χ0n) is 27.6. The molecule has 8 bridgehead atoms. The second-order valence-corrected chi connectivity index (χ2v) is 15.4. The molecule has 4 aromatic carbocycles. The summed E-state index contributed by atoms with van der Waals surface area (Å²) in [6.07, 6.45) is 5.07. The van der Waals surface area contributed by atoms with Crippen molar-refractivity contribution in [3.05, 3.63) is 140 Å². The van der Waals surface area contributed by atoms with Crippen molar-refractivity contribution in [1.29, 1.82) is 0 Å². The van der Waals surface area contributed by atoms with Crippen LogP contribution in [0.25, 0.3) is 0 Å². The van der Waals surface area contributed by atoms with Crippen LogP contribution in [0.15, 0.2) is 72.8 Å². The molecular formula is C42H50O2. The number of benzene rings is 4. The maximum Gasteiger partial charge on any atom is 0.110 e. The Hall–Kier alpha value is -3.20. The van der Waals surface area contributed by atoms with E-state index in [-0.39, 0.29) is 10.8 Å². The Bertz CT molecular complexity index is 1450. The third kappa shape index (κ3) is 6.44. The van der Waals surface area contributed by atoms with Gasteiger partial charge in [-0.1, -0.05) is 114 Å². The summed E-state index contributed by atoms with van der Waals surface area (Å²) < 4.78 is 0. The maximum absolute atomic E-state index is 12.4. The van der Waals surface area contributed by atoms with Gasteiger partial charge in [-0.2, -0.15) is 0 Å². The first-order valence-corrected chi connectivity index (χ1v) is 16.7. The number of aliphatic hydroxyl groups is 2. The van der Waals surface area contributed by atoms with Gasteiger partial charge in [-0.3, -0.25) is 0 Å². The van der Waals surface area contributed by atoms with E-state index in [0.29, 0.717) is 0 Å². The van der Waals surface area contributed by atoms with E-state index in [1.54, 1.807) is 0 Å². The van der Waals surface area contributed by atoms with Gasteiger partial charge in [0.2, 0.25) is 0 Å². The van der Waals surface area contributed by atoms with Gasteiger partial charge in [-0.25, -0.2) is 0 Å². The topological polar surface area (TPSA) is 40.5 Å². The van der Waals surface area contributed by atoms with Gasteiger partial charge in [-0.05, 0) is 129 Å². The van der Waals surface area contributed by atoms with Crippen molar-refractivity contribution in [3.8, 4) is 0 Å². The molecule has 0 saturated carbocycles. The molecule has 44 heavy (non-hydrogen) atoms. The van der Waals surface area contributed by atoms with Gasteiger partial charge in [0.1, 0.15) is 12.2 Å². The molecule has 0 aliphatic heterocycles. The SMILES string of the molecule is CC(C)(C)c1cc2c([C@@H](O)[C@@H](O)c3c4cc(C(C)(C)C)cc3CCc3cccc(c3)CC4)c(c1)CCc1cccc(c1)CC2. The zero-order chi connectivity index (χ0) is 31.2. The van der Waals surface area contributed by atoms with E-state index >= 15 is 0 Å². The van der Waals surface area contributed by atoms with E-state index in [4.69, 9.17) is 0 Å². The van der Waals surface area contributed by atoms with E-state index in [9.17, 15) is 10.2 Å². The summed E-state index contributed by atoms with van der Waals surface area (Å²) in [5.74, 6) is 0. The minimum Gasteiger partial charge on any atom is -0.385 e. The average molecular weight is 587 g/mol. The molecule has 2 aliphatic rings. The quantitative estimate of drug-likeness (QED) is 0.252. The van der Waals surface area contributed by atoms with Crippen LogP contribution in [0.3, 0.4) is 0 Å². The van der Waals surface area contributed by atoms with Crippen LogP contribution < -0.4 is 0 Å². The molecule has 2 N–H and O–H groups in total. The Labute approximate surface area is 265 Å². The van der Waals surface area contributed by atoms with Crippen LogP contribution in [0.2, 0.25) is 0 Å². The molecular weight excluding hydrogens is 536 g/mol. The summed E-state index contributed by atoms with van der Waals surface area (Å²) >= 11 is 0. The minimum atomic E-state index is -0.995. The monoisotopic (exact) mass is 586 g/mol. The van der Waals surface area contributed by atoms with Crippen molar-refractivity contribution < 1.29 is 10.2 Å². The highest BCUT2D eigenvalue weighted by Crippen LogP contribution is 2.41. The Kier molecular flexibility index (Phi) is 8.37. The van der Waals surface area contributed by atoms with Gasteiger partial charge in [0.15, 0.2) is 0 Å². The summed E-state index contributed by atoms with van der Waals surface area (Å²) in [5, 5.41) is 24.7. The molecule has 2 aliphatic carbocycles. The van der Waals surface area contributed by atoms with Crippen molar-refractivity contribution in [1.82, 2.24) is 0 Å². The molecule has 4 aromatic rings. The Morgan fingerprint density at radius 3 is 0.955 bits per heavy atom. The standard InChI is InChI=1S/C42H50O2/c1-41(2,3)35-23-31-17-13-27-9-7-10-28(21-27)14-18-32(24-35)37(31)39(43)40(44)38-33-19-15-29-11-8-12-30(22-29)16-20-34(38)26-36(25-33)42(4,5)6/h7-12,21-26,39-40,43-44H,13-20H2,1-6H3/t39-,40+. The van der Waals surface area contributed by atoms with E-state index in [0.717, 1.165) is 62.5 Å². The zero-order valence-corrected chi connectivity index (χ0v) is 27.6. The van der Waals surface area contributed by atoms with Crippen molar-refractivity contribution in [2.75, 3.05) is 0 Å². The van der Waals surface area contributed by atoms with Gasteiger partial charge in [0.25, 0.3) is 0 Å². The van der Waals surface area contributed by atoms with E-state index < -0.39 is 12.2 Å². The highest BCUT2D eigenvalue weighted by molar-refractivity contribution is 5.49. The van der Waals surface area contributed by atoms with Crippen molar-refractivity contribution >= 4 is 0 Å². The van der Waals surface area contributed by atoms with Crippen LogP contribution in [0.5, 0.6) is 0 Å². The van der Waals surface area contributed by atoms with Gasteiger partial charge < -0.3 is 10.2 Å². The maximum atomic E-state index is 12.4. The smallest absolute Gasteiger partial charge is 0.110 e. The number of aliphatic hydroxyl groups excluding tert-OH is 2. The van der Waals surface area contributed by atoms with Crippen LogP contribution in [-0.2, 0) is 62.2 Å². The number of fused-ring (bicyclic) bond motifs is 8. The molecule has 0 heterocycles. The van der Waals surface area contributed by atoms with E-state index in [1.165, 1.54) is 55.6 Å². The van der Waals surface area contributed by atoms with Crippen LogP contribution >= 0.6 is 0 Å². The number of aryl methyl sites for hydroxylation is 8. The normalized spacial score (nSPS) is 16.6. The lowest BCUT2D eigenvalue weighted by molar-refractivity contribution is 0.0150. The second-order valence-electron chi connectivity index (χ2n) is 15.4. The highest BCUT2D eigenvalue weighted by atomic mass is 16.3. The first-order chi connectivity index (χ1) is 20.9. The largest absolute Gasteiger partial charge is 0.385 e. The van der Waals surface area contributed by atoms with Gasteiger partial charge in [0, 0.05) is 0 Å². The summed E-state index contributed by atoms with van der Waals surface area (Å²) in [5.41, 5.74) is 14.6. The average Bonchev–Trinajstić information content (AvgIpc) is 2.98. The van der Waals surface area contributed by atoms with Gasteiger partial charge in [-0.15, -0.1) is 0 Å². The number of rotatable bonds is 3. The summed E-state index contributed by atoms with van der Waals surface area (Å²) in [6, 6.07) is 27.2. The van der Waals surface area contributed by atoms with Crippen molar-refractivity contribution in [3.63, 3.8) is 0 Å². The summed E-state index contributed by atoms with van der Waals surface area (Å²) in [4.78, 5) is 0. The third-order valence-electron chi connectivity index (χ3n) is 10.0. The molecule has 0 spiro atoms. The predicted molar refractivity (Wildman–Crippen MR) is 183 cm³/mol.